The maximum Gasteiger partial charge on any atom is 0.187 e. The van der Waals surface area contributed by atoms with Gasteiger partial charge >= 0.3 is 0 Å². The van der Waals surface area contributed by atoms with Crippen LogP contribution in [-0.4, -0.2) is 15.0 Å². The molecule has 2 rings (SSSR count). The second-order valence-corrected chi connectivity index (χ2v) is 6.78. The van der Waals surface area contributed by atoms with Gasteiger partial charge in [-0.05, 0) is 12.8 Å². The van der Waals surface area contributed by atoms with Crippen LogP contribution in [-0.2, 0) is 5.41 Å². The van der Waals surface area contributed by atoms with Crippen LogP contribution in [0.1, 0.15) is 57.6 Å². The maximum absolute atomic E-state index is 6.00. The van der Waals surface area contributed by atoms with Crippen molar-refractivity contribution in [3.63, 3.8) is 0 Å². The first-order chi connectivity index (χ1) is 10.2. The number of anilines is 1. The van der Waals surface area contributed by atoms with Gasteiger partial charge in [0.2, 0.25) is 0 Å². The van der Waals surface area contributed by atoms with Crippen molar-refractivity contribution in [1.82, 2.24) is 15.0 Å². The predicted octanol–water partition coefficient (Wildman–Crippen LogP) is 3.98. The molecule has 0 saturated heterocycles. The molecule has 0 fully saturated rings. The number of aryl methyl sites for hydroxylation is 1. The Balaban J connectivity index is 2.47. The Morgan fingerprint density at radius 3 is 2.32 bits per heavy atom. The van der Waals surface area contributed by atoms with Gasteiger partial charge in [-0.15, -0.1) is 0 Å². The van der Waals surface area contributed by atoms with Gasteiger partial charge in [-0.25, -0.2) is 9.97 Å². The Bertz CT molecular complexity index is 675. The zero-order chi connectivity index (χ0) is 16.5. The number of hydrogen-bond donors (Lipinski definition) is 1. The Labute approximate surface area is 132 Å². The number of nitrogens with zero attached hydrogens (tertiary/aromatic N) is 3. The van der Waals surface area contributed by atoms with Gasteiger partial charge < -0.3 is 10.5 Å². The molecule has 0 aliphatic heterocycles. The third kappa shape index (κ3) is 3.53. The lowest BCUT2D eigenvalue weighted by atomic mass is 9.90. The third-order valence-electron chi connectivity index (χ3n) is 3.41. The SMILES string of the molecule is Cc1ncc(Oc2cc(C(C)(C)C)ncc2C(C)C)c(N)n1. The monoisotopic (exact) mass is 300 g/mol. The summed E-state index contributed by atoms with van der Waals surface area (Å²) in [6.45, 7) is 12.4. The fourth-order valence-electron chi connectivity index (χ4n) is 2.05. The van der Waals surface area contributed by atoms with E-state index in [1.165, 1.54) is 0 Å². The standard InChI is InChI=1S/C17H24N4O/c1-10(2)12-8-20-15(17(4,5)6)7-13(12)22-14-9-19-11(3)21-16(14)18/h7-10H,1-6H3,(H2,18,19,21). The van der Waals surface area contributed by atoms with Crippen molar-refractivity contribution < 1.29 is 4.74 Å². The van der Waals surface area contributed by atoms with Gasteiger partial charge in [0.25, 0.3) is 0 Å². The zero-order valence-electron chi connectivity index (χ0n) is 14.1. The molecule has 0 unspecified atom stereocenters. The van der Waals surface area contributed by atoms with Gasteiger partial charge in [0.1, 0.15) is 11.6 Å². The van der Waals surface area contributed by atoms with Crippen LogP contribution in [0, 0.1) is 6.92 Å². The molecular formula is C17H24N4O. The fourth-order valence-corrected chi connectivity index (χ4v) is 2.05. The summed E-state index contributed by atoms with van der Waals surface area (Å²) >= 11 is 0. The van der Waals surface area contributed by atoms with E-state index in [2.05, 4.69) is 49.6 Å². The van der Waals surface area contributed by atoms with Crippen molar-refractivity contribution in [1.29, 1.82) is 0 Å². The molecular weight excluding hydrogens is 276 g/mol. The van der Waals surface area contributed by atoms with Crippen LogP contribution in [0.2, 0.25) is 0 Å². The van der Waals surface area contributed by atoms with Crippen LogP contribution in [0.15, 0.2) is 18.5 Å². The van der Waals surface area contributed by atoms with Crippen LogP contribution in [0.4, 0.5) is 5.82 Å². The van der Waals surface area contributed by atoms with E-state index in [1.54, 1.807) is 13.1 Å². The van der Waals surface area contributed by atoms with Crippen LogP contribution in [0.3, 0.4) is 0 Å². The molecule has 22 heavy (non-hydrogen) atoms. The van der Waals surface area contributed by atoms with Crippen molar-refractivity contribution in [2.75, 3.05) is 5.73 Å². The highest BCUT2D eigenvalue weighted by atomic mass is 16.5. The molecule has 0 spiro atoms. The minimum atomic E-state index is -0.0526. The summed E-state index contributed by atoms with van der Waals surface area (Å²) in [5, 5.41) is 0. The first kappa shape index (κ1) is 16.2. The van der Waals surface area contributed by atoms with E-state index < -0.39 is 0 Å². The van der Waals surface area contributed by atoms with Gasteiger partial charge in [-0.1, -0.05) is 34.6 Å². The van der Waals surface area contributed by atoms with Crippen molar-refractivity contribution in [3.05, 3.63) is 35.5 Å². The first-order valence-electron chi connectivity index (χ1n) is 7.46. The molecule has 0 saturated carbocycles. The van der Waals surface area contributed by atoms with Gasteiger partial charge in [-0.3, -0.25) is 4.98 Å². The number of pyridine rings is 1. The lowest BCUT2D eigenvalue weighted by Gasteiger charge is -2.21. The quantitative estimate of drug-likeness (QED) is 0.928. The normalized spacial score (nSPS) is 11.8. The van der Waals surface area contributed by atoms with E-state index >= 15 is 0 Å². The third-order valence-corrected chi connectivity index (χ3v) is 3.41. The Morgan fingerprint density at radius 1 is 1.09 bits per heavy atom. The summed E-state index contributed by atoms with van der Waals surface area (Å²) in [4.78, 5) is 12.9. The van der Waals surface area contributed by atoms with Crippen molar-refractivity contribution in [3.8, 4) is 11.5 Å². The van der Waals surface area contributed by atoms with Crippen molar-refractivity contribution >= 4 is 5.82 Å². The van der Waals surface area contributed by atoms with Crippen LogP contribution >= 0.6 is 0 Å². The molecule has 2 aromatic rings. The molecule has 0 amide bonds. The lowest BCUT2D eigenvalue weighted by molar-refractivity contribution is 0.463. The number of aromatic nitrogens is 3. The number of rotatable bonds is 3. The lowest BCUT2D eigenvalue weighted by Crippen LogP contribution is -2.14. The number of ether oxygens (including phenoxy) is 1. The molecule has 0 aliphatic rings. The van der Waals surface area contributed by atoms with E-state index in [1.807, 2.05) is 12.3 Å². The summed E-state index contributed by atoms with van der Waals surface area (Å²) in [6.07, 6.45) is 3.49. The molecule has 0 atom stereocenters. The van der Waals surface area contributed by atoms with Crippen LogP contribution < -0.4 is 10.5 Å². The van der Waals surface area contributed by atoms with Gasteiger partial charge in [0.05, 0.1) is 6.20 Å². The summed E-state index contributed by atoms with van der Waals surface area (Å²) in [7, 11) is 0. The topological polar surface area (TPSA) is 73.9 Å². The van der Waals surface area contributed by atoms with Crippen molar-refractivity contribution in [2.24, 2.45) is 0 Å². The predicted molar refractivity (Wildman–Crippen MR) is 88.3 cm³/mol. The molecule has 2 heterocycles. The summed E-state index contributed by atoms with van der Waals surface area (Å²) < 4.78 is 6.00. The second-order valence-electron chi connectivity index (χ2n) is 6.78. The zero-order valence-corrected chi connectivity index (χ0v) is 14.1. The summed E-state index contributed by atoms with van der Waals surface area (Å²) in [5.74, 6) is 2.49. The molecule has 5 nitrogen and oxygen atoms in total. The summed E-state index contributed by atoms with van der Waals surface area (Å²) in [5.41, 5.74) is 7.88. The molecule has 0 bridgehead atoms. The van der Waals surface area contributed by atoms with Crippen LogP contribution in [0.5, 0.6) is 11.5 Å². The molecule has 2 aromatic heterocycles. The molecule has 0 radical (unpaired) electrons. The highest BCUT2D eigenvalue weighted by molar-refractivity contribution is 5.48. The first-order valence-corrected chi connectivity index (χ1v) is 7.46. The van der Waals surface area contributed by atoms with Crippen LogP contribution in [0.25, 0.3) is 0 Å². The average Bonchev–Trinajstić information content (AvgIpc) is 2.40. The van der Waals surface area contributed by atoms with Gasteiger partial charge in [0, 0.05) is 28.9 Å². The van der Waals surface area contributed by atoms with E-state index in [9.17, 15) is 0 Å². The molecule has 0 aromatic carbocycles. The largest absolute Gasteiger partial charge is 0.451 e. The molecule has 2 N–H and O–H groups in total. The van der Waals surface area contributed by atoms with Gasteiger partial charge in [0.15, 0.2) is 11.6 Å². The van der Waals surface area contributed by atoms with E-state index in [-0.39, 0.29) is 5.41 Å². The number of hydrogen-bond acceptors (Lipinski definition) is 5. The van der Waals surface area contributed by atoms with E-state index in [4.69, 9.17) is 10.5 Å². The fraction of sp³-hybridized carbons (Fsp3) is 0.471. The smallest absolute Gasteiger partial charge is 0.187 e. The Morgan fingerprint density at radius 2 is 1.77 bits per heavy atom. The Hall–Kier alpha value is -2.17. The second kappa shape index (κ2) is 5.91. The Kier molecular flexibility index (Phi) is 4.35. The minimum absolute atomic E-state index is 0.0526. The maximum atomic E-state index is 6.00. The van der Waals surface area contributed by atoms with E-state index in [0.29, 0.717) is 23.3 Å². The highest BCUT2D eigenvalue weighted by Crippen LogP contribution is 2.34. The average molecular weight is 300 g/mol. The minimum Gasteiger partial charge on any atom is -0.451 e. The summed E-state index contributed by atoms with van der Waals surface area (Å²) in [6, 6.07) is 1.98. The van der Waals surface area contributed by atoms with E-state index in [0.717, 1.165) is 17.0 Å². The number of nitrogens with two attached hydrogens (primary N) is 1. The molecule has 5 heteroatoms. The molecule has 118 valence electrons. The van der Waals surface area contributed by atoms with Gasteiger partial charge in [-0.2, -0.15) is 0 Å². The highest BCUT2D eigenvalue weighted by Gasteiger charge is 2.20. The van der Waals surface area contributed by atoms with Crippen molar-refractivity contribution in [2.45, 2.75) is 52.9 Å². The molecule has 0 aliphatic carbocycles. The number of nitrogen functional groups attached to an aromatic ring is 1.